The summed E-state index contributed by atoms with van der Waals surface area (Å²) in [5, 5.41) is 3.15. The minimum absolute atomic E-state index is 0.0166. The largest absolute Gasteiger partial charge is 0.357 e. The number of hydrogen-bond acceptors (Lipinski definition) is 4. The van der Waals surface area contributed by atoms with Crippen LogP contribution in [0.1, 0.15) is 16.7 Å². The predicted octanol–water partition coefficient (Wildman–Crippen LogP) is 5.37. The second kappa shape index (κ2) is 13.6. The number of sulfonamides is 1. The van der Waals surface area contributed by atoms with Crippen molar-refractivity contribution >= 4 is 39.1 Å². The van der Waals surface area contributed by atoms with Crippen LogP contribution in [-0.4, -0.2) is 44.8 Å². The molecular weight excluding hydrogens is 577 g/mol. The molecule has 2 amide bonds. The summed E-state index contributed by atoms with van der Waals surface area (Å²) < 4.78 is 42.6. The van der Waals surface area contributed by atoms with Gasteiger partial charge in [0.05, 0.1) is 10.6 Å². The third-order valence-corrected chi connectivity index (χ3v) is 8.83. The quantitative estimate of drug-likeness (QED) is 0.248. The molecule has 4 aromatic carbocycles. The lowest BCUT2D eigenvalue weighted by molar-refractivity contribution is -0.139. The molecule has 7 nitrogen and oxygen atoms in total. The summed E-state index contributed by atoms with van der Waals surface area (Å²) in [5.41, 5.74) is 2.49. The number of anilines is 1. The number of halogens is 2. The Hall–Kier alpha value is -4.21. The van der Waals surface area contributed by atoms with Gasteiger partial charge in [-0.05, 0) is 66.6 Å². The van der Waals surface area contributed by atoms with E-state index in [1.54, 1.807) is 36.4 Å². The molecule has 4 aromatic rings. The molecule has 0 aromatic heterocycles. The fourth-order valence-corrected chi connectivity index (χ4v) is 6.02. The van der Waals surface area contributed by atoms with E-state index in [2.05, 4.69) is 5.32 Å². The molecular formula is C32H31ClFN3O4S. The Bertz CT molecular complexity index is 1620. The van der Waals surface area contributed by atoms with Crippen LogP contribution in [0.5, 0.6) is 0 Å². The topological polar surface area (TPSA) is 86.8 Å². The van der Waals surface area contributed by atoms with Gasteiger partial charge in [0.15, 0.2) is 0 Å². The molecule has 42 heavy (non-hydrogen) atoms. The lowest BCUT2D eigenvalue weighted by atomic mass is 10.0. The molecule has 0 heterocycles. The van der Waals surface area contributed by atoms with Crippen LogP contribution in [0.3, 0.4) is 0 Å². The van der Waals surface area contributed by atoms with Gasteiger partial charge >= 0.3 is 0 Å². The average Bonchev–Trinajstić information content (AvgIpc) is 2.99. The molecule has 0 unspecified atom stereocenters. The van der Waals surface area contributed by atoms with Crippen molar-refractivity contribution in [1.82, 2.24) is 10.2 Å². The molecule has 0 aliphatic rings. The van der Waals surface area contributed by atoms with Gasteiger partial charge in [-0.25, -0.2) is 12.8 Å². The molecule has 0 saturated carbocycles. The highest BCUT2D eigenvalue weighted by Crippen LogP contribution is 2.26. The van der Waals surface area contributed by atoms with E-state index in [0.717, 1.165) is 27.6 Å². The van der Waals surface area contributed by atoms with Crippen LogP contribution in [0.25, 0.3) is 0 Å². The fraction of sp³-hybridized carbons (Fsp3) is 0.188. The second-order valence-electron chi connectivity index (χ2n) is 9.77. The van der Waals surface area contributed by atoms with E-state index in [4.69, 9.17) is 11.6 Å². The maximum atomic E-state index is 14.2. The van der Waals surface area contributed by atoms with E-state index in [1.807, 2.05) is 37.3 Å². The first-order chi connectivity index (χ1) is 20.1. The summed E-state index contributed by atoms with van der Waals surface area (Å²) in [6, 6.07) is 26.2. The highest BCUT2D eigenvalue weighted by molar-refractivity contribution is 7.92. The molecule has 10 heteroatoms. The Kier molecular flexibility index (Phi) is 9.98. The maximum Gasteiger partial charge on any atom is 0.264 e. The first-order valence-electron chi connectivity index (χ1n) is 13.2. The number of benzene rings is 4. The van der Waals surface area contributed by atoms with Crippen molar-refractivity contribution in [3.05, 3.63) is 131 Å². The number of nitrogens with one attached hydrogen (secondary N) is 1. The molecule has 0 saturated heterocycles. The molecule has 0 aliphatic carbocycles. The zero-order chi connectivity index (χ0) is 30.3. The predicted molar refractivity (Wildman–Crippen MR) is 162 cm³/mol. The summed E-state index contributed by atoms with van der Waals surface area (Å²) in [7, 11) is -2.77. The zero-order valence-electron chi connectivity index (χ0n) is 23.2. The van der Waals surface area contributed by atoms with Crippen molar-refractivity contribution in [2.45, 2.75) is 30.8 Å². The van der Waals surface area contributed by atoms with Crippen molar-refractivity contribution in [2.24, 2.45) is 0 Å². The smallest absolute Gasteiger partial charge is 0.264 e. The molecule has 1 atom stereocenters. The number of hydrogen-bond donors (Lipinski definition) is 1. The Morgan fingerprint density at radius 3 is 2.07 bits per heavy atom. The van der Waals surface area contributed by atoms with Crippen LogP contribution >= 0.6 is 11.6 Å². The Balaban J connectivity index is 1.77. The lowest BCUT2D eigenvalue weighted by Gasteiger charge is -2.33. The molecule has 0 radical (unpaired) electrons. The summed E-state index contributed by atoms with van der Waals surface area (Å²) >= 11 is 6.07. The Morgan fingerprint density at radius 2 is 1.48 bits per heavy atom. The van der Waals surface area contributed by atoms with Crippen LogP contribution in [-0.2, 0) is 32.6 Å². The normalized spacial score (nSPS) is 11.9. The third kappa shape index (κ3) is 7.54. The van der Waals surface area contributed by atoms with Crippen LogP contribution in [0, 0.1) is 12.7 Å². The first kappa shape index (κ1) is 30.7. The van der Waals surface area contributed by atoms with Gasteiger partial charge in [-0.15, -0.1) is 0 Å². The highest BCUT2D eigenvalue weighted by atomic mass is 35.5. The van der Waals surface area contributed by atoms with Crippen LogP contribution < -0.4 is 9.62 Å². The van der Waals surface area contributed by atoms with Gasteiger partial charge in [-0.3, -0.25) is 13.9 Å². The summed E-state index contributed by atoms with van der Waals surface area (Å²) in [5.74, 6) is -1.57. The van der Waals surface area contributed by atoms with Gasteiger partial charge in [0.25, 0.3) is 10.0 Å². The number of likely N-dealkylation sites (N-methyl/N-ethyl adjacent to an activating group) is 1. The summed E-state index contributed by atoms with van der Waals surface area (Å²) in [6.07, 6.45) is 0.196. The van der Waals surface area contributed by atoms with Crippen molar-refractivity contribution in [3.8, 4) is 0 Å². The molecule has 1 N–H and O–H groups in total. The van der Waals surface area contributed by atoms with E-state index >= 15 is 0 Å². The van der Waals surface area contributed by atoms with Crippen molar-refractivity contribution in [2.75, 3.05) is 17.9 Å². The minimum atomic E-state index is -4.26. The monoisotopic (exact) mass is 607 g/mol. The van der Waals surface area contributed by atoms with E-state index in [9.17, 15) is 22.4 Å². The number of carbonyl (C=O) groups is 2. The molecule has 4 rings (SSSR count). The van der Waals surface area contributed by atoms with Crippen molar-refractivity contribution < 1.29 is 22.4 Å². The summed E-state index contributed by atoms with van der Waals surface area (Å²) in [4.78, 5) is 28.8. The highest BCUT2D eigenvalue weighted by Gasteiger charge is 2.34. The van der Waals surface area contributed by atoms with Gasteiger partial charge in [0.2, 0.25) is 11.8 Å². The summed E-state index contributed by atoms with van der Waals surface area (Å²) in [6.45, 7) is 1.22. The van der Waals surface area contributed by atoms with Crippen LogP contribution in [0.4, 0.5) is 10.1 Å². The average molecular weight is 608 g/mol. The standard InChI is InChI=1S/C32H31ClFN3O4S/c1-23-8-18-29(19-9-23)42(40,41)37(28-16-14-27(34)15-17-28)22-31(38)36(21-25-10-12-26(33)13-11-25)30(32(39)35-2)20-24-6-4-3-5-7-24/h3-19,30H,20-22H2,1-2H3,(H,35,39)/t30-/m1/s1. The number of nitrogens with zero attached hydrogens (tertiary/aromatic N) is 2. The number of amides is 2. The Morgan fingerprint density at radius 1 is 0.857 bits per heavy atom. The van der Waals surface area contributed by atoms with Crippen LogP contribution in [0.15, 0.2) is 108 Å². The molecule has 0 aliphatic heterocycles. The van der Waals surface area contributed by atoms with Gasteiger partial charge in [-0.2, -0.15) is 0 Å². The maximum absolute atomic E-state index is 14.2. The van der Waals surface area contributed by atoms with E-state index in [-0.39, 0.29) is 23.5 Å². The lowest BCUT2D eigenvalue weighted by Crippen LogP contribution is -2.53. The molecule has 218 valence electrons. The number of rotatable bonds is 11. The van der Waals surface area contributed by atoms with E-state index < -0.39 is 40.2 Å². The third-order valence-electron chi connectivity index (χ3n) is 6.79. The van der Waals surface area contributed by atoms with E-state index in [0.29, 0.717) is 10.6 Å². The van der Waals surface area contributed by atoms with Gasteiger partial charge < -0.3 is 10.2 Å². The van der Waals surface area contributed by atoms with Crippen LogP contribution in [0.2, 0.25) is 5.02 Å². The zero-order valence-corrected chi connectivity index (χ0v) is 24.8. The molecule has 0 spiro atoms. The van der Waals surface area contributed by atoms with Gasteiger partial charge in [0, 0.05) is 25.0 Å². The van der Waals surface area contributed by atoms with Gasteiger partial charge in [0.1, 0.15) is 18.4 Å². The SMILES string of the molecule is CNC(=O)[C@@H](Cc1ccccc1)N(Cc1ccc(Cl)cc1)C(=O)CN(c1ccc(F)cc1)S(=O)(=O)c1ccc(C)cc1. The van der Waals surface area contributed by atoms with Gasteiger partial charge in [-0.1, -0.05) is 71.8 Å². The Labute approximate surface area is 250 Å². The molecule has 0 fully saturated rings. The second-order valence-corrected chi connectivity index (χ2v) is 12.1. The van der Waals surface area contributed by atoms with Crippen molar-refractivity contribution in [3.63, 3.8) is 0 Å². The fourth-order valence-electron chi connectivity index (χ4n) is 4.48. The van der Waals surface area contributed by atoms with Crippen molar-refractivity contribution in [1.29, 1.82) is 0 Å². The number of carbonyl (C=O) groups excluding carboxylic acids is 2. The number of aryl methyl sites for hydroxylation is 1. The minimum Gasteiger partial charge on any atom is -0.357 e. The first-order valence-corrected chi connectivity index (χ1v) is 15.0. The molecule has 0 bridgehead atoms. The van der Waals surface area contributed by atoms with E-state index in [1.165, 1.54) is 36.2 Å².